The smallest absolute Gasteiger partial charge is 0.341 e. The van der Waals surface area contributed by atoms with Crippen LogP contribution in [0.4, 0.5) is 0 Å². The summed E-state index contributed by atoms with van der Waals surface area (Å²) in [6.45, 7) is 8.88. The SMILES string of the molecule is CCOC(=O)c1cnn(C)c1COC(C)CC(C)C. The molecule has 0 bridgehead atoms. The standard InChI is InChI=1S/C14H24N2O3/c1-6-18-14(17)12-8-15-16(5)13(12)9-19-11(4)7-10(2)3/h8,10-11H,6-7,9H2,1-5H3. The Hall–Kier alpha value is -1.36. The molecule has 1 atom stereocenters. The van der Waals surface area contributed by atoms with E-state index in [9.17, 15) is 4.79 Å². The van der Waals surface area contributed by atoms with Crippen molar-refractivity contribution >= 4 is 5.97 Å². The number of aryl methyl sites for hydroxylation is 1. The summed E-state index contributed by atoms with van der Waals surface area (Å²) in [6, 6.07) is 0. The lowest BCUT2D eigenvalue weighted by Crippen LogP contribution is -2.15. The minimum absolute atomic E-state index is 0.157. The van der Waals surface area contributed by atoms with E-state index in [1.54, 1.807) is 18.7 Å². The minimum Gasteiger partial charge on any atom is -0.462 e. The van der Waals surface area contributed by atoms with Gasteiger partial charge in [-0.3, -0.25) is 4.68 Å². The quantitative estimate of drug-likeness (QED) is 0.713. The second-order valence-corrected chi connectivity index (χ2v) is 5.10. The molecule has 1 aromatic heterocycles. The van der Waals surface area contributed by atoms with Gasteiger partial charge in [0.15, 0.2) is 0 Å². The first-order valence-electron chi connectivity index (χ1n) is 6.75. The Kier molecular flexibility index (Phi) is 6.02. The van der Waals surface area contributed by atoms with Crippen LogP contribution < -0.4 is 0 Å². The summed E-state index contributed by atoms with van der Waals surface area (Å²) < 4.78 is 12.4. The van der Waals surface area contributed by atoms with Crippen LogP contribution in [0.1, 0.15) is 50.2 Å². The topological polar surface area (TPSA) is 53.3 Å². The van der Waals surface area contributed by atoms with Gasteiger partial charge in [-0.15, -0.1) is 0 Å². The molecule has 0 spiro atoms. The van der Waals surface area contributed by atoms with E-state index >= 15 is 0 Å². The maximum Gasteiger partial charge on any atom is 0.341 e. The molecule has 1 unspecified atom stereocenters. The fourth-order valence-corrected chi connectivity index (χ4v) is 1.97. The van der Waals surface area contributed by atoms with Crippen molar-refractivity contribution in [3.8, 4) is 0 Å². The number of carbonyl (C=O) groups is 1. The van der Waals surface area contributed by atoms with Gasteiger partial charge in [-0.05, 0) is 26.2 Å². The fourth-order valence-electron chi connectivity index (χ4n) is 1.97. The van der Waals surface area contributed by atoms with Gasteiger partial charge in [-0.1, -0.05) is 13.8 Å². The molecule has 0 aliphatic carbocycles. The Morgan fingerprint density at radius 2 is 2.11 bits per heavy atom. The van der Waals surface area contributed by atoms with Gasteiger partial charge in [-0.25, -0.2) is 4.79 Å². The van der Waals surface area contributed by atoms with Crippen LogP contribution in [0.3, 0.4) is 0 Å². The van der Waals surface area contributed by atoms with Crippen molar-refractivity contribution in [2.45, 2.75) is 46.8 Å². The first-order valence-corrected chi connectivity index (χ1v) is 6.75. The molecule has 0 saturated heterocycles. The molecule has 0 radical (unpaired) electrons. The van der Waals surface area contributed by atoms with Crippen molar-refractivity contribution in [1.29, 1.82) is 0 Å². The van der Waals surface area contributed by atoms with Gasteiger partial charge >= 0.3 is 5.97 Å². The maximum absolute atomic E-state index is 11.8. The van der Waals surface area contributed by atoms with E-state index in [1.165, 1.54) is 6.20 Å². The predicted molar refractivity (Wildman–Crippen MR) is 72.9 cm³/mol. The summed E-state index contributed by atoms with van der Waals surface area (Å²) in [5.74, 6) is 0.247. The fraction of sp³-hybridized carbons (Fsp3) is 0.714. The molecule has 0 amide bonds. The highest BCUT2D eigenvalue weighted by Crippen LogP contribution is 2.14. The predicted octanol–water partition coefficient (Wildman–Crippen LogP) is 2.55. The number of esters is 1. The molecule has 5 heteroatoms. The van der Waals surface area contributed by atoms with Crippen molar-refractivity contribution in [2.75, 3.05) is 6.61 Å². The zero-order valence-electron chi connectivity index (χ0n) is 12.5. The summed E-state index contributed by atoms with van der Waals surface area (Å²) in [7, 11) is 1.80. The third-order valence-corrected chi connectivity index (χ3v) is 2.86. The molecule has 108 valence electrons. The van der Waals surface area contributed by atoms with Crippen LogP contribution in [0.5, 0.6) is 0 Å². The largest absolute Gasteiger partial charge is 0.462 e. The van der Waals surface area contributed by atoms with Gasteiger partial charge in [0.25, 0.3) is 0 Å². The highest BCUT2D eigenvalue weighted by atomic mass is 16.5. The van der Waals surface area contributed by atoms with Crippen LogP contribution >= 0.6 is 0 Å². The highest BCUT2D eigenvalue weighted by molar-refractivity contribution is 5.90. The third-order valence-electron chi connectivity index (χ3n) is 2.86. The highest BCUT2D eigenvalue weighted by Gasteiger charge is 2.18. The molecule has 0 aliphatic rings. The monoisotopic (exact) mass is 268 g/mol. The number of rotatable bonds is 7. The van der Waals surface area contributed by atoms with Crippen molar-refractivity contribution in [3.05, 3.63) is 17.5 Å². The van der Waals surface area contributed by atoms with E-state index in [1.807, 2.05) is 6.92 Å². The van der Waals surface area contributed by atoms with Gasteiger partial charge in [0.05, 0.1) is 31.2 Å². The Morgan fingerprint density at radius 3 is 2.68 bits per heavy atom. The molecule has 1 rings (SSSR count). The van der Waals surface area contributed by atoms with Crippen LogP contribution in [0, 0.1) is 5.92 Å². The lowest BCUT2D eigenvalue weighted by molar-refractivity contribution is 0.0338. The first-order chi connectivity index (χ1) is 8.95. The Bertz CT molecular complexity index is 413. The van der Waals surface area contributed by atoms with Crippen LogP contribution in [0.15, 0.2) is 6.20 Å². The summed E-state index contributed by atoms with van der Waals surface area (Å²) in [4.78, 5) is 11.8. The number of ether oxygens (including phenoxy) is 2. The van der Waals surface area contributed by atoms with E-state index in [2.05, 4.69) is 18.9 Å². The molecule has 0 saturated carbocycles. The molecule has 1 aromatic rings. The van der Waals surface area contributed by atoms with Crippen LogP contribution in [-0.4, -0.2) is 28.5 Å². The second kappa shape index (κ2) is 7.28. The summed E-state index contributed by atoms with van der Waals surface area (Å²) in [5, 5.41) is 4.09. The normalized spacial score (nSPS) is 12.7. The Morgan fingerprint density at radius 1 is 1.42 bits per heavy atom. The summed E-state index contributed by atoms with van der Waals surface area (Å²) in [5.41, 5.74) is 1.25. The molecule has 0 fully saturated rings. The zero-order valence-corrected chi connectivity index (χ0v) is 12.5. The number of hydrogen-bond donors (Lipinski definition) is 0. The van der Waals surface area contributed by atoms with E-state index < -0.39 is 0 Å². The molecular weight excluding hydrogens is 244 g/mol. The lowest BCUT2D eigenvalue weighted by atomic mass is 10.1. The van der Waals surface area contributed by atoms with E-state index in [0.717, 1.165) is 12.1 Å². The van der Waals surface area contributed by atoms with Gasteiger partial charge in [0.2, 0.25) is 0 Å². The van der Waals surface area contributed by atoms with Gasteiger partial charge < -0.3 is 9.47 Å². The number of carbonyl (C=O) groups excluding carboxylic acids is 1. The average molecular weight is 268 g/mol. The minimum atomic E-state index is -0.342. The average Bonchev–Trinajstić information content (AvgIpc) is 2.67. The summed E-state index contributed by atoms with van der Waals surface area (Å²) in [6.07, 6.45) is 2.68. The third kappa shape index (κ3) is 4.67. The molecule has 0 aliphatic heterocycles. The van der Waals surface area contributed by atoms with Crippen LogP contribution in [-0.2, 0) is 23.1 Å². The van der Waals surface area contributed by atoms with Crippen LogP contribution in [0.25, 0.3) is 0 Å². The number of hydrogen-bond acceptors (Lipinski definition) is 4. The molecule has 0 N–H and O–H groups in total. The van der Waals surface area contributed by atoms with E-state index in [4.69, 9.17) is 9.47 Å². The Balaban J connectivity index is 2.67. The summed E-state index contributed by atoms with van der Waals surface area (Å²) >= 11 is 0. The van der Waals surface area contributed by atoms with Gasteiger partial charge in [-0.2, -0.15) is 5.10 Å². The number of aromatic nitrogens is 2. The van der Waals surface area contributed by atoms with E-state index in [-0.39, 0.29) is 12.1 Å². The molecule has 19 heavy (non-hydrogen) atoms. The molecule has 5 nitrogen and oxygen atoms in total. The Labute approximate surface area is 114 Å². The van der Waals surface area contributed by atoms with Crippen molar-refractivity contribution in [3.63, 3.8) is 0 Å². The first kappa shape index (κ1) is 15.7. The zero-order chi connectivity index (χ0) is 14.4. The van der Waals surface area contributed by atoms with Crippen molar-refractivity contribution in [1.82, 2.24) is 9.78 Å². The number of nitrogens with zero attached hydrogens (tertiary/aromatic N) is 2. The van der Waals surface area contributed by atoms with Crippen LogP contribution in [0.2, 0.25) is 0 Å². The van der Waals surface area contributed by atoms with Gasteiger partial charge in [0, 0.05) is 7.05 Å². The second-order valence-electron chi connectivity index (χ2n) is 5.10. The maximum atomic E-state index is 11.8. The van der Waals surface area contributed by atoms with Crippen molar-refractivity contribution < 1.29 is 14.3 Å². The lowest BCUT2D eigenvalue weighted by Gasteiger charge is -2.15. The van der Waals surface area contributed by atoms with Gasteiger partial charge in [0.1, 0.15) is 5.56 Å². The molecular formula is C14H24N2O3. The molecule has 0 aromatic carbocycles. The van der Waals surface area contributed by atoms with E-state index in [0.29, 0.717) is 24.7 Å². The van der Waals surface area contributed by atoms with Crippen molar-refractivity contribution in [2.24, 2.45) is 13.0 Å². The molecule has 1 heterocycles.